The van der Waals surface area contributed by atoms with Gasteiger partial charge in [0.25, 0.3) is 0 Å². The van der Waals surface area contributed by atoms with Gasteiger partial charge in [0.05, 0.1) is 12.8 Å². The Morgan fingerprint density at radius 3 is 2.46 bits per heavy atom. The van der Waals surface area contributed by atoms with Crippen LogP contribution in [0.3, 0.4) is 0 Å². The van der Waals surface area contributed by atoms with Gasteiger partial charge in [-0.3, -0.25) is 9.59 Å². The molecule has 3 rings (SSSR count). The molecular formula is C22H25FN2O3. The van der Waals surface area contributed by atoms with E-state index in [0.717, 1.165) is 11.3 Å². The normalized spacial score (nSPS) is 14.1. The summed E-state index contributed by atoms with van der Waals surface area (Å²) < 4.78 is 19.5. The van der Waals surface area contributed by atoms with Gasteiger partial charge in [-0.25, -0.2) is 4.39 Å². The van der Waals surface area contributed by atoms with Crippen LogP contribution in [0.1, 0.15) is 29.3 Å². The summed E-state index contributed by atoms with van der Waals surface area (Å²) in [5.74, 6) is 0.341. The molecule has 0 unspecified atom stereocenters. The van der Waals surface area contributed by atoms with E-state index in [2.05, 4.69) is 0 Å². The number of amides is 1. The zero-order valence-corrected chi connectivity index (χ0v) is 16.3. The monoisotopic (exact) mass is 384 g/mol. The number of piperazine rings is 1. The highest BCUT2D eigenvalue weighted by Crippen LogP contribution is 2.23. The molecule has 1 amide bonds. The molecule has 5 nitrogen and oxygen atoms in total. The molecule has 0 bridgehead atoms. The predicted molar refractivity (Wildman–Crippen MR) is 107 cm³/mol. The number of carbonyl (C=O) groups excluding carboxylic acids is 2. The molecule has 1 aliphatic rings. The van der Waals surface area contributed by atoms with E-state index in [9.17, 15) is 14.0 Å². The zero-order chi connectivity index (χ0) is 20.1. The zero-order valence-electron chi connectivity index (χ0n) is 16.3. The number of hydrogen-bond acceptors (Lipinski definition) is 4. The number of anilines is 1. The second-order valence-corrected chi connectivity index (χ2v) is 6.94. The van der Waals surface area contributed by atoms with Gasteiger partial charge in [-0.1, -0.05) is 12.1 Å². The minimum atomic E-state index is -0.398. The van der Waals surface area contributed by atoms with Crippen LogP contribution in [0, 0.1) is 5.82 Å². The Hall–Kier alpha value is -2.89. The number of ketones is 1. The van der Waals surface area contributed by atoms with Crippen LogP contribution in [0.4, 0.5) is 10.1 Å². The third-order valence-electron chi connectivity index (χ3n) is 5.09. The molecule has 1 fully saturated rings. The van der Waals surface area contributed by atoms with E-state index in [1.165, 1.54) is 13.0 Å². The lowest BCUT2D eigenvalue weighted by Crippen LogP contribution is -2.49. The van der Waals surface area contributed by atoms with Gasteiger partial charge < -0.3 is 14.5 Å². The fourth-order valence-electron chi connectivity index (χ4n) is 3.42. The number of halogens is 1. The number of nitrogens with zero attached hydrogens (tertiary/aromatic N) is 2. The summed E-state index contributed by atoms with van der Waals surface area (Å²) in [5, 5.41) is 0. The topological polar surface area (TPSA) is 49.9 Å². The summed E-state index contributed by atoms with van der Waals surface area (Å²) >= 11 is 0. The quantitative estimate of drug-likeness (QED) is 0.717. The molecule has 6 heteroatoms. The van der Waals surface area contributed by atoms with Crippen LogP contribution in [0.5, 0.6) is 5.75 Å². The van der Waals surface area contributed by atoms with E-state index in [1.54, 1.807) is 19.2 Å². The number of rotatable bonds is 6. The van der Waals surface area contributed by atoms with E-state index in [-0.39, 0.29) is 11.7 Å². The molecule has 1 aliphatic heterocycles. The van der Waals surface area contributed by atoms with Crippen molar-refractivity contribution in [3.8, 4) is 5.75 Å². The van der Waals surface area contributed by atoms with Crippen LogP contribution >= 0.6 is 0 Å². The van der Waals surface area contributed by atoms with Crippen molar-refractivity contribution in [1.82, 2.24) is 4.90 Å². The number of Topliss-reactive ketones (excluding diaryl/α,β-unsaturated/α-hetero) is 1. The van der Waals surface area contributed by atoms with Crippen LogP contribution in [-0.4, -0.2) is 49.9 Å². The Bertz CT molecular complexity index is 861. The lowest BCUT2D eigenvalue weighted by molar-refractivity contribution is -0.131. The minimum absolute atomic E-state index is 0.106. The smallest absolute Gasteiger partial charge is 0.223 e. The van der Waals surface area contributed by atoms with Crippen molar-refractivity contribution in [3.63, 3.8) is 0 Å². The molecule has 148 valence electrons. The minimum Gasteiger partial charge on any atom is -0.497 e. The molecular weight excluding hydrogens is 359 g/mol. The Morgan fingerprint density at radius 2 is 1.82 bits per heavy atom. The van der Waals surface area contributed by atoms with Gasteiger partial charge in [0.1, 0.15) is 11.6 Å². The largest absolute Gasteiger partial charge is 0.497 e. The fourth-order valence-corrected chi connectivity index (χ4v) is 3.42. The van der Waals surface area contributed by atoms with Crippen LogP contribution in [0.25, 0.3) is 0 Å². The van der Waals surface area contributed by atoms with Crippen molar-refractivity contribution >= 4 is 17.4 Å². The van der Waals surface area contributed by atoms with Crippen LogP contribution in [0.15, 0.2) is 42.5 Å². The summed E-state index contributed by atoms with van der Waals surface area (Å²) in [7, 11) is 1.63. The van der Waals surface area contributed by atoms with Crippen LogP contribution in [-0.2, 0) is 11.2 Å². The Morgan fingerprint density at radius 1 is 1.07 bits per heavy atom. The number of ether oxygens (including phenoxy) is 1. The molecule has 0 atom stereocenters. The summed E-state index contributed by atoms with van der Waals surface area (Å²) in [6.45, 7) is 3.68. The van der Waals surface area contributed by atoms with E-state index in [0.29, 0.717) is 50.3 Å². The number of aryl methyl sites for hydroxylation is 1. The maximum absolute atomic E-state index is 14.3. The molecule has 0 aliphatic carbocycles. The second-order valence-electron chi connectivity index (χ2n) is 6.94. The van der Waals surface area contributed by atoms with Crippen molar-refractivity contribution in [2.24, 2.45) is 0 Å². The molecule has 0 saturated carbocycles. The van der Waals surface area contributed by atoms with Gasteiger partial charge in [0.2, 0.25) is 5.91 Å². The molecule has 0 aromatic heterocycles. The van der Waals surface area contributed by atoms with Crippen LogP contribution < -0.4 is 9.64 Å². The van der Waals surface area contributed by atoms with E-state index >= 15 is 0 Å². The standard InChI is InChI=1S/C22H25FN2O3/c1-16(26)18-7-8-21(20(23)15-18)24-10-12-25(13-11-24)22(27)9-6-17-4-3-5-19(14-17)28-2/h3-5,7-8,14-15H,6,9-13H2,1-2H3. The number of hydrogen-bond donors (Lipinski definition) is 0. The molecule has 1 heterocycles. The van der Waals surface area contributed by atoms with Crippen molar-refractivity contribution in [1.29, 1.82) is 0 Å². The first kappa shape index (κ1) is 19.9. The lowest BCUT2D eigenvalue weighted by Gasteiger charge is -2.36. The average molecular weight is 384 g/mol. The average Bonchev–Trinajstić information content (AvgIpc) is 2.72. The van der Waals surface area contributed by atoms with E-state index in [4.69, 9.17) is 4.74 Å². The molecule has 2 aromatic rings. The van der Waals surface area contributed by atoms with Gasteiger partial charge >= 0.3 is 0 Å². The van der Waals surface area contributed by atoms with Gasteiger partial charge in [-0.15, -0.1) is 0 Å². The Labute approximate surface area is 164 Å². The maximum atomic E-state index is 14.3. The fraction of sp³-hybridized carbons (Fsp3) is 0.364. The van der Waals surface area contributed by atoms with Crippen molar-refractivity contribution in [2.45, 2.75) is 19.8 Å². The van der Waals surface area contributed by atoms with Gasteiger partial charge in [-0.05, 0) is 49.2 Å². The van der Waals surface area contributed by atoms with Gasteiger partial charge in [-0.2, -0.15) is 0 Å². The lowest BCUT2D eigenvalue weighted by atomic mass is 10.1. The van der Waals surface area contributed by atoms with Gasteiger partial charge in [0.15, 0.2) is 5.78 Å². The highest BCUT2D eigenvalue weighted by Gasteiger charge is 2.23. The van der Waals surface area contributed by atoms with Gasteiger partial charge in [0, 0.05) is 38.2 Å². The summed E-state index contributed by atoms with van der Waals surface area (Å²) in [5.41, 5.74) is 1.92. The molecule has 0 spiro atoms. The number of carbonyl (C=O) groups is 2. The van der Waals surface area contributed by atoms with Crippen molar-refractivity contribution in [3.05, 3.63) is 59.4 Å². The highest BCUT2D eigenvalue weighted by molar-refractivity contribution is 5.94. The number of methoxy groups -OCH3 is 1. The maximum Gasteiger partial charge on any atom is 0.223 e. The summed E-state index contributed by atoms with van der Waals surface area (Å²) in [6.07, 6.45) is 1.10. The SMILES string of the molecule is COc1cccc(CCC(=O)N2CCN(c3ccc(C(C)=O)cc3F)CC2)c1. The van der Waals surface area contributed by atoms with Crippen molar-refractivity contribution in [2.75, 3.05) is 38.2 Å². The first-order valence-electron chi connectivity index (χ1n) is 9.44. The third-order valence-corrected chi connectivity index (χ3v) is 5.09. The van der Waals surface area contributed by atoms with Crippen LogP contribution in [0.2, 0.25) is 0 Å². The molecule has 0 radical (unpaired) electrons. The molecule has 2 aromatic carbocycles. The van der Waals surface area contributed by atoms with E-state index in [1.807, 2.05) is 34.1 Å². The number of benzene rings is 2. The first-order chi connectivity index (χ1) is 13.5. The second kappa shape index (κ2) is 8.87. The molecule has 0 N–H and O–H groups in total. The predicted octanol–water partition coefficient (Wildman–Crippen LogP) is 3.32. The van der Waals surface area contributed by atoms with Crippen molar-refractivity contribution < 1.29 is 18.7 Å². The Balaban J connectivity index is 1.53. The Kier molecular flexibility index (Phi) is 6.29. The summed E-state index contributed by atoms with van der Waals surface area (Å²) in [4.78, 5) is 27.6. The molecule has 28 heavy (non-hydrogen) atoms. The molecule has 1 saturated heterocycles. The first-order valence-corrected chi connectivity index (χ1v) is 9.44. The third kappa shape index (κ3) is 4.68. The van der Waals surface area contributed by atoms with E-state index < -0.39 is 5.82 Å². The summed E-state index contributed by atoms with van der Waals surface area (Å²) in [6, 6.07) is 12.3. The highest BCUT2D eigenvalue weighted by atomic mass is 19.1.